The fourth-order valence-corrected chi connectivity index (χ4v) is 2.62. The number of rotatable bonds is 7. The molecule has 0 saturated heterocycles. The normalized spacial score (nSPS) is 10.8. The molecule has 0 unspecified atom stereocenters. The molecule has 0 atom stereocenters. The van der Waals surface area contributed by atoms with E-state index in [9.17, 15) is 14.9 Å². The number of nitro groups is 1. The number of non-ortho nitro benzene ring substituents is 1. The first-order valence-electron chi connectivity index (χ1n) is 8.88. The highest BCUT2D eigenvalue weighted by Gasteiger charge is 2.07. The minimum Gasteiger partial charge on any atom is -0.484 e. The summed E-state index contributed by atoms with van der Waals surface area (Å²) in [5.74, 6) is 0.243. The first-order valence-corrected chi connectivity index (χ1v) is 8.88. The fourth-order valence-electron chi connectivity index (χ4n) is 2.62. The van der Waals surface area contributed by atoms with Gasteiger partial charge < -0.3 is 9.30 Å². The van der Waals surface area contributed by atoms with Crippen molar-refractivity contribution in [2.45, 2.75) is 13.8 Å². The number of carbonyl (C=O) groups is 1. The maximum atomic E-state index is 11.9. The molecule has 0 fully saturated rings. The van der Waals surface area contributed by atoms with Crippen LogP contribution in [0.5, 0.6) is 5.75 Å². The van der Waals surface area contributed by atoms with Crippen molar-refractivity contribution in [2.24, 2.45) is 5.10 Å². The van der Waals surface area contributed by atoms with E-state index in [1.165, 1.54) is 18.3 Å². The van der Waals surface area contributed by atoms with Crippen molar-refractivity contribution in [3.05, 3.63) is 87.7 Å². The highest BCUT2D eigenvalue weighted by Crippen LogP contribution is 2.17. The Balaban J connectivity index is 1.58. The van der Waals surface area contributed by atoms with Gasteiger partial charge in [-0.05, 0) is 61.4 Å². The average molecular weight is 392 g/mol. The van der Waals surface area contributed by atoms with Crippen LogP contribution in [0.2, 0.25) is 0 Å². The highest BCUT2D eigenvalue weighted by molar-refractivity contribution is 5.82. The zero-order chi connectivity index (χ0) is 20.8. The van der Waals surface area contributed by atoms with E-state index in [2.05, 4.69) is 10.5 Å². The van der Waals surface area contributed by atoms with E-state index >= 15 is 0 Å². The number of aromatic nitrogens is 1. The van der Waals surface area contributed by atoms with Crippen molar-refractivity contribution in [3.63, 3.8) is 0 Å². The predicted molar refractivity (Wildman–Crippen MR) is 110 cm³/mol. The molecular weight excluding hydrogens is 372 g/mol. The molecule has 1 heterocycles. The molecule has 0 bridgehead atoms. The van der Waals surface area contributed by atoms with Gasteiger partial charge in [0.1, 0.15) is 5.75 Å². The molecule has 0 radical (unpaired) electrons. The smallest absolute Gasteiger partial charge is 0.277 e. The van der Waals surface area contributed by atoms with Crippen LogP contribution in [-0.4, -0.2) is 28.2 Å². The summed E-state index contributed by atoms with van der Waals surface area (Å²) in [5, 5.41) is 14.7. The second kappa shape index (κ2) is 8.83. The van der Waals surface area contributed by atoms with Gasteiger partial charge in [0, 0.05) is 24.0 Å². The molecule has 0 aliphatic heterocycles. The number of nitrogens with one attached hydrogen (secondary N) is 1. The second-order valence-electron chi connectivity index (χ2n) is 6.40. The number of ether oxygens (including phenoxy) is 1. The molecule has 2 aromatic carbocycles. The first-order chi connectivity index (χ1) is 13.9. The zero-order valence-corrected chi connectivity index (χ0v) is 16.0. The Hall–Kier alpha value is -3.94. The maximum Gasteiger partial charge on any atom is 0.277 e. The van der Waals surface area contributed by atoms with E-state index in [-0.39, 0.29) is 18.2 Å². The van der Waals surface area contributed by atoms with Crippen LogP contribution in [0, 0.1) is 24.0 Å². The summed E-state index contributed by atoms with van der Waals surface area (Å²) in [6.45, 7) is 3.84. The molecule has 0 spiro atoms. The van der Waals surface area contributed by atoms with E-state index in [1.54, 1.807) is 22.9 Å². The van der Waals surface area contributed by atoms with Crippen LogP contribution in [0.4, 0.5) is 5.69 Å². The lowest BCUT2D eigenvalue weighted by Gasteiger charge is -2.07. The monoisotopic (exact) mass is 392 g/mol. The van der Waals surface area contributed by atoms with Crippen molar-refractivity contribution in [2.75, 3.05) is 6.61 Å². The first kappa shape index (κ1) is 19.8. The Morgan fingerprint density at radius 1 is 1.17 bits per heavy atom. The number of benzene rings is 2. The van der Waals surface area contributed by atoms with Gasteiger partial charge in [0.15, 0.2) is 6.61 Å². The predicted octanol–water partition coefficient (Wildman–Crippen LogP) is 3.53. The van der Waals surface area contributed by atoms with Crippen molar-refractivity contribution in [1.82, 2.24) is 9.99 Å². The second-order valence-corrected chi connectivity index (χ2v) is 6.40. The van der Waals surface area contributed by atoms with Crippen LogP contribution in [0.25, 0.3) is 5.69 Å². The standard InChI is InChI=1S/C21H20N4O4/c1-15-5-10-20(12-16(15)2)29-14-21(26)23-22-13-19-4-3-11-24(19)17-6-8-18(9-7-17)25(27)28/h3-13H,14H2,1-2H3,(H,23,26)/b22-13-. The molecule has 0 aliphatic carbocycles. The highest BCUT2D eigenvalue weighted by atomic mass is 16.6. The average Bonchev–Trinajstić information content (AvgIpc) is 3.17. The van der Waals surface area contributed by atoms with Crippen LogP contribution in [-0.2, 0) is 4.79 Å². The summed E-state index contributed by atoms with van der Waals surface area (Å²) >= 11 is 0. The zero-order valence-electron chi connectivity index (χ0n) is 16.0. The van der Waals surface area contributed by atoms with E-state index in [4.69, 9.17) is 4.74 Å². The molecule has 1 aromatic heterocycles. The number of amides is 1. The SMILES string of the molecule is Cc1ccc(OCC(=O)N/N=C\c2cccn2-c2ccc([N+](=O)[O-])cc2)cc1C. The van der Waals surface area contributed by atoms with E-state index in [0.717, 1.165) is 16.8 Å². The summed E-state index contributed by atoms with van der Waals surface area (Å²) in [6, 6.07) is 15.4. The van der Waals surface area contributed by atoms with Gasteiger partial charge in [0.2, 0.25) is 0 Å². The van der Waals surface area contributed by atoms with Crippen LogP contribution in [0.15, 0.2) is 65.9 Å². The summed E-state index contributed by atoms with van der Waals surface area (Å²) in [5.41, 5.74) is 6.13. The van der Waals surface area contributed by atoms with Crippen LogP contribution >= 0.6 is 0 Å². The third kappa shape index (κ3) is 5.07. The van der Waals surface area contributed by atoms with Crippen LogP contribution in [0.3, 0.4) is 0 Å². The molecule has 8 nitrogen and oxygen atoms in total. The molecule has 29 heavy (non-hydrogen) atoms. The molecule has 8 heteroatoms. The van der Waals surface area contributed by atoms with Crippen LogP contribution < -0.4 is 10.2 Å². The summed E-state index contributed by atoms with van der Waals surface area (Å²) in [6.07, 6.45) is 3.29. The topological polar surface area (TPSA) is 98.8 Å². The van der Waals surface area contributed by atoms with Gasteiger partial charge in [0.25, 0.3) is 11.6 Å². The summed E-state index contributed by atoms with van der Waals surface area (Å²) in [4.78, 5) is 22.3. The minimum atomic E-state index is -0.447. The number of hydrogen-bond acceptors (Lipinski definition) is 5. The van der Waals surface area contributed by atoms with Gasteiger partial charge in [-0.25, -0.2) is 5.43 Å². The number of hydrogen-bond donors (Lipinski definition) is 1. The van der Waals surface area contributed by atoms with Crippen molar-refractivity contribution in [1.29, 1.82) is 0 Å². The van der Waals surface area contributed by atoms with E-state index in [1.807, 2.05) is 44.2 Å². The fraction of sp³-hybridized carbons (Fsp3) is 0.143. The van der Waals surface area contributed by atoms with Gasteiger partial charge >= 0.3 is 0 Å². The van der Waals surface area contributed by atoms with Gasteiger partial charge in [-0.1, -0.05) is 6.07 Å². The molecule has 1 amide bonds. The van der Waals surface area contributed by atoms with E-state index < -0.39 is 4.92 Å². The third-order valence-corrected chi connectivity index (χ3v) is 4.35. The lowest BCUT2D eigenvalue weighted by atomic mass is 10.1. The lowest BCUT2D eigenvalue weighted by molar-refractivity contribution is -0.384. The number of nitrogens with zero attached hydrogens (tertiary/aromatic N) is 3. The van der Waals surface area contributed by atoms with E-state index in [0.29, 0.717) is 11.4 Å². The molecule has 0 saturated carbocycles. The number of hydrazone groups is 1. The molecule has 148 valence electrons. The van der Waals surface area contributed by atoms with Gasteiger partial charge in [-0.2, -0.15) is 5.10 Å². The Bertz CT molecular complexity index is 1050. The van der Waals surface area contributed by atoms with Gasteiger partial charge in [-0.15, -0.1) is 0 Å². The number of nitro benzene ring substituents is 1. The quantitative estimate of drug-likeness (QED) is 0.378. The molecule has 3 aromatic rings. The van der Waals surface area contributed by atoms with Gasteiger partial charge in [-0.3, -0.25) is 14.9 Å². The lowest BCUT2D eigenvalue weighted by Crippen LogP contribution is -2.24. The Labute approximate surface area is 167 Å². The number of carbonyl (C=O) groups excluding carboxylic acids is 1. The Morgan fingerprint density at radius 3 is 2.62 bits per heavy atom. The minimum absolute atomic E-state index is 0.0205. The summed E-state index contributed by atoms with van der Waals surface area (Å²) < 4.78 is 7.27. The molecular formula is C21H20N4O4. The Kier molecular flexibility index (Phi) is 6.03. The summed E-state index contributed by atoms with van der Waals surface area (Å²) in [7, 11) is 0. The van der Waals surface area contributed by atoms with Crippen molar-refractivity contribution < 1.29 is 14.5 Å². The van der Waals surface area contributed by atoms with Crippen molar-refractivity contribution in [3.8, 4) is 11.4 Å². The molecule has 0 aliphatic rings. The third-order valence-electron chi connectivity index (χ3n) is 4.35. The van der Waals surface area contributed by atoms with Gasteiger partial charge in [0.05, 0.1) is 16.8 Å². The maximum absolute atomic E-state index is 11.9. The van der Waals surface area contributed by atoms with Crippen molar-refractivity contribution >= 4 is 17.8 Å². The molecule has 3 rings (SSSR count). The number of aryl methyl sites for hydroxylation is 2. The van der Waals surface area contributed by atoms with Crippen LogP contribution in [0.1, 0.15) is 16.8 Å². The largest absolute Gasteiger partial charge is 0.484 e. The molecule has 1 N–H and O–H groups in total. The Morgan fingerprint density at radius 2 is 1.93 bits per heavy atom.